The van der Waals surface area contributed by atoms with E-state index in [9.17, 15) is 91.1 Å². The van der Waals surface area contributed by atoms with Crippen molar-refractivity contribution in [3.05, 3.63) is 0 Å². The number of unbranched alkanes of at least 4 members (excludes halogenated alkanes) is 1. The van der Waals surface area contributed by atoms with Crippen molar-refractivity contribution in [3.63, 3.8) is 0 Å². The average molecular weight is 2120 g/mol. The molecule has 0 aromatic rings. The van der Waals surface area contributed by atoms with Crippen LogP contribution in [0.25, 0.3) is 0 Å². The first-order valence-corrected chi connectivity index (χ1v) is 50.3. The zero-order valence-electron chi connectivity index (χ0n) is 96.8. The normalized spacial score (nSPS) is 10.2. The second kappa shape index (κ2) is 129. The van der Waals surface area contributed by atoms with Gasteiger partial charge < -0.3 is 144 Å². The maximum Gasteiger partial charge on any atom is 0.246 e. The van der Waals surface area contributed by atoms with E-state index < -0.39 is 30.1 Å². The number of nitrogens with one attached hydrogen (secondary N) is 4. The molecule has 0 saturated heterocycles. The van der Waals surface area contributed by atoms with Crippen LogP contribution in [0.1, 0.15) is 293 Å². The minimum atomic E-state index is -0.944. The smallest absolute Gasteiger partial charge is 0.246 e. The third-order valence-corrected chi connectivity index (χ3v) is 17.7. The van der Waals surface area contributed by atoms with Crippen LogP contribution in [-0.4, -0.2) is 433 Å². The number of carbonyl (C=O) groups is 19. The number of nitrogens with zero attached hydrogens (tertiary/aromatic N) is 10. The van der Waals surface area contributed by atoms with E-state index in [1.807, 2.05) is 81.1 Å². The summed E-state index contributed by atoms with van der Waals surface area (Å²) in [5.74, 6) is -0.757. The molecule has 1 saturated carbocycles. The number of methoxy groups -OCH3 is 3. The number of aliphatic hydroxyl groups excluding tert-OH is 6. The van der Waals surface area contributed by atoms with Gasteiger partial charge in [0.25, 0.3) is 0 Å². The van der Waals surface area contributed by atoms with E-state index in [2.05, 4.69) is 39.7 Å². The van der Waals surface area contributed by atoms with Crippen LogP contribution in [0.3, 0.4) is 0 Å². The average Bonchev–Trinajstić information content (AvgIpc) is 1.82. The molecule has 0 aromatic heterocycles. The molecule has 0 aliphatic heterocycles. The van der Waals surface area contributed by atoms with Crippen LogP contribution < -0.4 is 49.9 Å². The highest BCUT2D eigenvalue weighted by molar-refractivity contribution is 5.85. The molecule has 20 N–H and O–H groups in total. The van der Waals surface area contributed by atoms with Gasteiger partial charge in [-0.1, -0.05) is 124 Å². The first-order chi connectivity index (χ1) is 68.1. The van der Waals surface area contributed by atoms with E-state index in [0.29, 0.717) is 168 Å². The van der Waals surface area contributed by atoms with Crippen molar-refractivity contribution < 1.29 is 136 Å². The largest absolute Gasteiger partial charge is 0.395 e. The summed E-state index contributed by atoms with van der Waals surface area (Å²) >= 11 is 0. The Hall–Kier alpha value is -10.4. The van der Waals surface area contributed by atoms with E-state index in [1.165, 1.54) is 44.3 Å². The van der Waals surface area contributed by atoms with Crippen molar-refractivity contribution in [2.24, 2.45) is 28.7 Å². The molecular weight excluding hydrogens is 1900 g/mol. The van der Waals surface area contributed by atoms with Crippen LogP contribution in [-0.2, 0) is 105 Å². The minimum Gasteiger partial charge on any atom is -0.395 e. The fourth-order valence-corrected chi connectivity index (χ4v) is 8.78. The number of amides is 19. The van der Waals surface area contributed by atoms with E-state index in [0.717, 1.165) is 45.2 Å². The van der Waals surface area contributed by atoms with Crippen LogP contribution in [0, 0.1) is 0 Å². The molecule has 146 heavy (non-hydrogen) atoms. The highest BCUT2D eigenvalue weighted by Gasteiger charge is 2.22. The third-order valence-electron chi connectivity index (χ3n) is 17.7. The fourth-order valence-electron chi connectivity index (χ4n) is 8.78. The topological polar surface area (TPSA) is 684 Å². The molecule has 47 heteroatoms. The van der Waals surface area contributed by atoms with Crippen molar-refractivity contribution >= 4 is 112 Å². The lowest BCUT2D eigenvalue weighted by molar-refractivity contribution is -0.134. The number of rotatable bonds is 48. The number of aliphatic hydroxyl groups is 6. The molecule has 19 amide bonds. The van der Waals surface area contributed by atoms with Gasteiger partial charge in [-0.25, -0.2) is 0 Å². The molecule has 0 aromatic carbocycles. The number of primary amides is 5. The molecule has 1 aliphatic rings. The summed E-state index contributed by atoms with van der Waals surface area (Å²) in [6.07, 6.45) is 13.5. The number of hydrogen-bond acceptors (Lipinski definition) is 28. The molecule has 0 heterocycles. The van der Waals surface area contributed by atoms with Gasteiger partial charge in [0.05, 0.1) is 64.9 Å². The molecule has 1 aliphatic carbocycles. The van der Waals surface area contributed by atoms with Crippen LogP contribution in [0.5, 0.6) is 0 Å². The maximum atomic E-state index is 11.3. The van der Waals surface area contributed by atoms with Gasteiger partial charge in [-0.15, -0.1) is 0 Å². The fraction of sp³-hybridized carbons (Fsp3) is 0.808. The van der Waals surface area contributed by atoms with Gasteiger partial charge in [0.1, 0.15) is 6.10 Å². The lowest BCUT2D eigenvalue weighted by Crippen LogP contribution is -2.40. The number of ether oxygens (including phenoxy) is 3. The lowest BCUT2D eigenvalue weighted by Gasteiger charge is -2.24. The van der Waals surface area contributed by atoms with Crippen molar-refractivity contribution in [2.45, 2.75) is 317 Å². The summed E-state index contributed by atoms with van der Waals surface area (Å²) in [5, 5.41) is 62.6. The summed E-state index contributed by atoms with van der Waals surface area (Å²) in [5.41, 5.74) is 23.5. The van der Waals surface area contributed by atoms with Crippen LogP contribution in [0.2, 0.25) is 0 Å². The first-order valence-electron chi connectivity index (χ1n) is 50.3. The predicted molar refractivity (Wildman–Crippen MR) is 575 cm³/mol. The summed E-state index contributed by atoms with van der Waals surface area (Å²) < 4.78 is 14.6. The maximum absolute atomic E-state index is 11.3. The Morgan fingerprint density at radius 3 is 0.842 bits per heavy atom. The van der Waals surface area contributed by atoms with Gasteiger partial charge in [0.15, 0.2) is 0 Å². The second-order valence-electron chi connectivity index (χ2n) is 31.6. The highest BCUT2D eigenvalue weighted by Crippen LogP contribution is 2.18. The minimum absolute atomic E-state index is 0.00662. The Balaban J connectivity index is -0.0000000884. The molecule has 1 rings (SSSR count). The molecular formula is C99H211N19O28. The van der Waals surface area contributed by atoms with Crippen molar-refractivity contribution in [1.82, 2.24) is 70.3 Å². The van der Waals surface area contributed by atoms with Crippen molar-refractivity contribution in [2.75, 3.05) is 217 Å². The molecule has 0 spiro atoms. The van der Waals surface area contributed by atoms with Gasteiger partial charge in [0.2, 0.25) is 112 Å². The van der Waals surface area contributed by atoms with Crippen LogP contribution in [0.4, 0.5) is 0 Å². The third kappa shape index (κ3) is 151. The Bertz CT molecular complexity index is 3180. The Kier molecular flexibility index (Phi) is 151. The quantitative estimate of drug-likeness (QED) is 0.0416. The van der Waals surface area contributed by atoms with E-state index in [4.69, 9.17) is 62.1 Å². The number of likely N-dealkylation sites (N-methyl/N-ethyl adjacent to an activating group) is 5. The SMILES string of the molecule is CC(N)=O.CCC(=O)N(C)C.CCC(=O)N(C)CC(=O)NC.CCC(=O)N(C)CC(N)=O.CCC(=O)N(C)CCO.CCC(=O)N(C)CCOC.CCC(=O)N(CC(C)O)CC(C)O.CCC(=O)N(CC)CC.CCC(=O)N(CCO)CCO.CCC(=O)N(CCOC)CCOC.CCC(=O)NC.CCC(=O)NC1CC1.CCC(N)=O.CCCC(=O)NC.CCCC(N)=O.CCCCC(=O)N(C)C.CCC[C@H](O)C(N)=O. The van der Waals surface area contributed by atoms with E-state index in [-0.39, 0.29) is 146 Å². The van der Waals surface area contributed by atoms with Gasteiger partial charge in [-0.3, -0.25) is 91.1 Å². The zero-order valence-corrected chi connectivity index (χ0v) is 96.8. The lowest BCUT2D eigenvalue weighted by atomic mass is 10.2. The number of nitrogens with two attached hydrogens (primary N) is 5. The summed E-state index contributed by atoms with van der Waals surface area (Å²) in [6, 6.07) is 0.530. The van der Waals surface area contributed by atoms with Gasteiger partial charge >= 0.3 is 0 Å². The number of carbonyl (C=O) groups excluding carboxylic acids is 19. The Labute approximate surface area is 877 Å². The van der Waals surface area contributed by atoms with E-state index in [1.54, 1.807) is 174 Å². The molecule has 2 unspecified atom stereocenters. The summed E-state index contributed by atoms with van der Waals surface area (Å²) in [4.78, 5) is 215. The van der Waals surface area contributed by atoms with Crippen molar-refractivity contribution in [3.8, 4) is 0 Å². The van der Waals surface area contributed by atoms with Gasteiger partial charge in [0, 0.05) is 274 Å². The van der Waals surface area contributed by atoms with E-state index >= 15 is 0 Å². The number of hydrogen-bond donors (Lipinski definition) is 15. The standard InChI is InChI=1S/2C9H19NO3.C7H14N2O2.C7H15NO3.C7H15NO2.2C7H15NO.C6H12N2O2.C6H13NO2.C6H11NO.C5H11NO2.2C5H11NO.2C4H9NO.C3H7NO.C2H5NO/c1-4-9(11)10(5-7-12-2)6-8-13-3;1-4-9(13)10(5-7(2)11)6-8(3)12;1-4-7(11)9(3)5-6(10)8-2;1-2-7(11)8(3-5-9)4-6-10;1-4-7(9)8(2)5-6-10-3;1-4-5-6-7(9)8(2)3;1-4-7(9)8(5-2)6-3;1-3-6(10)8(2)4-5(7)9;1-3-6(9)7(2)4-5-8;1-2-6(8)7-5-3-4-5;1-2-3-4(7)5(6)8;1-4-5(7)6(2)3;1-3-4-5(7)6-2;1-3-4(6)5-2;1-2-3-4(5)6;1-2-3(4)5;1-2(3)4/h4-8H2,1-3H3;7-8,11-12H,4-6H2,1-3H3;4-5H2,1-3H3,(H,8,10);9-10H,2-6H2,1H3;4-6H2,1-3H3;2*4-6H2,1-3H3;3-4H2,1-2H3,(H2,7,9);8H,3-5H2,1-2H3;5H,2-4H2,1H3,(H,7,8);4,7H,2-3H2,1H3,(H2,6,8);4H2,1-3H3;3-4H2,1-2H3,(H,6,7);3H2,1-2H3,(H,5,6);2-3H2,1H3,(H2,5,6);2H2,1H3,(H2,4,5);1H3,(H2,3,4)/t;;;;;;;;;;4-;;;;;;/m..........0....../s1. The molecule has 0 radical (unpaired) electrons. The Morgan fingerprint density at radius 1 is 0.329 bits per heavy atom. The van der Waals surface area contributed by atoms with Gasteiger partial charge in [-0.2, -0.15) is 0 Å². The van der Waals surface area contributed by atoms with Crippen LogP contribution >= 0.6 is 0 Å². The molecule has 870 valence electrons. The summed E-state index contributed by atoms with van der Waals surface area (Å²) in [7, 11) is 23.4. The first kappa shape index (κ1) is 172. The van der Waals surface area contributed by atoms with Gasteiger partial charge in [-0.05, 0) is 66.2 Å². The highest BCUT2D eigenvalue weighted by atomic mass is 16.5. The second-order valence-corrected chi connectivity index (χ2v) is 31.6. The Morgan fingerprint density at radius 2 is 0.637 bits per heavy atom. The monoisotopic (exact) mass is 2110 g/mol. The molecule has 1 fully saturated rings. The zero-order chi connectivity index (χ0) is 118. The van der Waals surface area contributed by atoms with Crippen molar-refractivity contribution in [1.29, 1.82) is 0 Å². The molecule has 0 bridgehead atoms. The summed E-state index contributed by atoms with van der Waals surface area (Å²) in [6.45, 7) is 45.3. The van der Waals surface area contributed by atoms with Crippen LogP contribution in [0.15, 0.2) is 0 Å². The molecule has 47 nitrogen and oxygen atoms in total. The molecule has 3 atom stereocenters. The predicted octanol–water partition coefficient (Wildman–Crippen LogP) is 2.65.